The molecule has 0 aromatic heterocycles. The first-order chi connectivity index (χ1) is 8.08. The van der Waals surface area contributed by atoms with Crippen molar-refractivity contribution in [2.24, 2.45) is 5.73 Å². The largest absolute Gasteiger partial charge is 0.339 e. The Hall–Kier alpha value is -1.20. The summed E-state index contributed by atoms with van der Waals surface area (Å²) in [6.07, 6.45) is 1.49. The SMILES string of the molecule is Cl.NC1CCN(C(=O)c2ccc(F)c(F)c2)CC1. The smallest absolute Gasteiger partial charge is 0.253 e. The van der Waals surface area contributed by atoms with Crippen LogP contribution >= 0.6 is 12.4 Å². The van der Waals surface area contributed by atoms with Crippen LogP contribution in [0.3, 0.4) is 0 Å². The maximum Gasteiger partial charge on any atom is 0.253 e. The zero-order valence-corrected chi connectivity index (χ0v) is 10.6. The number of likely N-dealkylation sites (tertiary alicyclic amines) is 1. The van der Waals surface area contributed by atoms with Gasteiger partial charge in [0, 0.05) is 24.7 Å². The molecular weight excluding hydrogens is 262 g/mol. The number of amides is 1. The summed E-state index contributed by atoms with van der Waals surface area (Å²) < 4.78 is 25.7. The third-order valence-electron chi connectivity index (χ3n) is 2.99. The minimum Gasteiger partial charge on any atom is -0.339 e. The van der Waals surface area contributed by atoms with Crippen molar-refractivity contribution < 1.29 is 13.6 Å². The predicted molar refractivity (Wildman–Crippen MR) is 66.7 cm³/mol. The van der Waals surface area contributed by atoms with E-state index >= 15 is 0 Å². The summed E-state index contributed by atoms with van der Waals surface area (Å²) in [5.74, 6) is -2.21. The molecule has 0 aliphatic carbocycles. The highest BCUT2D eigenvalue weighted by atomic mass is 35.5. The van der Waals surface area contributed by atoms with E-state index in [1.165, 1.54) is 6.07 Å². The number of hydrogen-bond donors (Lipinski definition) is 1. The summed E-state index contributed by atoms with van der Waals surface area (Å²) in [5, 5.41) is 0. The molecule has 1 aliphatic heterocycles. The van der Waals surface area contributed by atoms with Gasteiger partial charge in [-0.1, -0.05) is 0 Å². The lowest BCUT2D eigenvalue weighted by molar-refractivity contribution is 0.0714. The number of piperidine rings is 1. The van der Waals surface area contributed by atoms with Crippen LogP contribution in [-0.2, 0) is 0 Å². The molecule has 1 aliphatic rings. The van der Waals surface area contributed by atoms with Gasteiger partial charge in [0.05, 0.1) is 0 Å². The van der Waals surface area contributed by atoms with Gasteiger partial charge < -0.3 is 10.6 Å². The van der Waals surface area contributed by atoms with Crippen molar-refractivity contribution in [1.29, 1.82) is 0 Å². The highest BCUT2D eigenvalue weighted by Crippen LogP contribution is 2.15. The van der Waals surface area contributed by atoms with Crippen molar-refractivity contribution in [2.45, 2.75) is 18.9 Å². The summed E-state index contributed by atoms with van der Waals surface area (Å²) in [7, 11) is 0. The zero-order valence-electron chi connectivity index (χ0n) is 9.73. The van der Waals surface area contributed by atoms with E-state index < -0.39 is 11.6 Å². The minimum atomic E-state index is -0.996. The van der Waals surface area contributed by atoms with Gasteiger partial charge in [-0.3, -0.25) is 4.79 Å². The summed E-state index contributed by atoms with van der Waals surface area (Å²) in [4.78, 5) is 13.6. The fraction of sp³-hybridized carbons (Fsp3) is 0.417. The average Bonchev–Trinajstić information content (AvgIpc) is 2.33. The summed E-state index contributed by atoms with van der Waals surface area (Å²) in [6, 6.07) is 3.34. The zero-order chi connectivity index (χ0) is 12.4. The Bertz CT molecular complexity index is 434. The van der Waals surface area contributed by atoms with Crippen LogP contribution in [0.15, 0.2) is 18.2 Å². The highest BCUT2D eigenvalue weighted by molar-refractivity contribution is 5.94. The molecule has 6 heteroatoms. The lowest BCUT2D eigenvalue weighted by Crippen LogP contribution is -2.42. The van der Waals surface area contributed by atoms with Crippen LogP contribution in [-0.4, -0.2) is 29.9 Å². The van der Waals surface area contributed by atoms with Crippen LogP contribution in [0.25, 0.3) is 0 Å². The van der Waals surface area contributed by atoms with Crippen molar-refractivity contribution in [3.05, 3.63) is 35.4 Å². The molecule has 1 fully saturated rings. The Balaban J connectivity index is 0.00000162. The normalized spacial score (nSPS) is 16.3. The van der Waals surface area contributed by atoms with Crippen LogP contribution in [0, 0.1) is 11.6 Å². The van der Waals surface area contributed by atoms with Gasteiger partial charge in [-0.15, -0.1) is 12.4 Å². The Morgan fingerprint density at radius 3 is 2.39 bits per heavy atom. The van der Waals surface area contributed by atoms with Crippen molar-refractivity contribution in [2.75, 3.05) is 13.1 Å². The van der Waals surface area contributed by atoms with Crippen LogP contribution in [0.2, 0.25) is 0 Å². The standard InChI is InChI=1S/C12H14F2N2O.ClH/c13-10-2-1-8(7-11(10)14)12(17)16-5-3-9(15)4-6-16;/h1-2,7,9H,3-6,15H2;1H. The van der Waals surface area contributed by atoms with E-state index in [4.69, 9.17) is 5.73 Å². The molecule has 2 N–H and O–H groups in total. The van der Waals surface area contributed by atoms with Gasteiger partial charge in [0.25, 0.3) is 5.91 Å². The number of rotatable bonds is 1. The maximum atomic E-state index is 13.0. The fourth-order valence-corrected chi connectivity index (χ4v) is 1.91. The van der Waals surface area contributed by atoms with Crippen LogP contribution < -0.4 is 5.73 Å². The number of nitrogens with zero attached hydrogens (tertiary/aromatic N) is 1. The van der Waals surface area contributed by atoms with E-state index in [0.717, 1.165) is 25.0 Å². The molecule has 0 spiro atoms. The molecule has 1 amide bonds. The number of benzene rings is 1. The topological polar surface area (TPSA) is 46.3 Å². The lowest BCUT2D eigenvalue weighted by atomic mass is 10.0. The quantitative estimate of drug-likeness (QED) is 0.852. The van der Waals surface area contributed by atoms with Crippen LogP contribution in [0.1, 0.15) is 23.2 Å². The van der Waals surface area contributed by atoms with Crippen molar-refractivity contribution in [3.8, 4) is 0 Å². The lowest BCUT2D eigenvalue weighted by Gasteiger charge is -2.30. The van der Waals surface area contributed by atoms with E-state index in [2.05, 4.69) is 0 Å². The number of carbonyl (C=O) groups is 1. The highest BCUT2D eigenvalue weighted by Gasteiger charge is 2.22. The Kier molecular flexibility index (Phi) is 5.04. The van der Waals surface area contributed by atoms with Crippen LogP contribution in [0.5, 0.6) is 0 Å². The molecule has 0 unspecified atom stereocenters. The third-order valence-corrected chi connectivity index (χ3v) is 2.99. The summed E-state index contributed by atoms with van der Waals surface area (Å²) in [5.41, 5.74) is 5.91. The fourth-order valence-electron chi connectivity index (χ4n) is 1.91. The first-order valence-corrected chi connectivity index (χ1v) is 5.58. The van der Waals surface area contributed by atoms with Crippen molar-refractivity contribution in [1.82, 2.24) is 4.90 Å². The van der Waals surface area contributed by atoms with Gasteiger partial charge >= 0.3 is 0 Å². The van der Waals surface area contributed by atoms with Gasteiger partial charge in [0.15, 0.2) is 11.6 Å². The van der Waals surface area contributed by atoms with E-state index in [9.17, 15) is 13.6 Å². The second-order valence-corrected chi connectivity index (χ2v) is 4.26. The van der Waals surface area contributed by atoms with Crippen molar-refractivity contribution in [3.63, 3.8) is 0 Å². The molecule has 100 valence electrons. The second kappa shape index (κ2) is 6.11. The van der Waals surface area contributed by atoms with Crippen molar-refractivity contribution >= 4 is 18.3 Å². The van der Waals surface area contributed by atoms with Gasteiger partial charge in [-0.25, -0.2) is 8.78 Å². The van der Waals surface area contributed by atoms with E-state index in [1.54, 1.807) is 4.90 Å². The van der Waals surface area contributed by atoms with Crippen LogP contribution in [0.4, 0.5) is 8.78 Å². The predicted octanol–water partition coefficient (Wildman–Crippen LogP) is 1.95. The van der Waals surface area contributed by atoms with E-state index in [1.807, 2.05) is 0 Å². The van der Waals surface area contributed by atoms with Gasteiger partial charge in [-0.2, -0.15) is 0 Å². The van der Waals surface area contributed by atoms with Gasteiger partial charge in [0.1, 0.15) is 0 Å². The Morgan fingerprint density at radius 2 is 1.83 bits per heavy atom. The molecular formula is C12H15ClF2N2O. The summed E-state index contributed by atoms with van der Waals surface area (Å²) in [6.45, 7) is 1.14. The second-order valence-electron chi connectivity index (χ2n) is 4.26. The van der Waals surface area contributed by atoms with E-state index in [-0.39, 0.29) is 29.9 Å². The molecule has 2 rings (SSSR count). The molecule has 18 heavy (non-hydrogen) atoms. The molecule has 0 atom stereocenters. The van der Waals surface area contributed by atoms with Gasteiger partial charge in [0.2, 0.25) is 0 Å². The molecule has 1 heterocycles. The molecule has 0 radical (unpaired) electrons. The number of halogens is 3. The average molecular weight is 277 g/mol. The number of hydrogen-bond acceptors (Lipinski definition) is 2. The Morgan fingerprint density at radius 1 is 1.22 bits per heavy atom. The molecule has 0 bridgehead atoms. The first-order valence-electron chi connectivity index (χ1n) is 5.58. The molecule has 1 aromatic rings. The molecule has 1 saturated heterocycles. The number of nitrogens with two attached hydrogens (primary N) is 1. The van der Waals surface area contributed by atoms with Gasteiger partial charge in [-0.05, 0) is 31.0 Å². The van der Waals surface area contributed by atoms with E-state index in [0.29, 0.717) is 13.1 Å². The molecule has 1 aromatic carbocycles. The maximum absolute atomic E-state index is 13.0. The molecule has 0 saturated carbocycles. The minimum absolute atomic E-state index is 0. The summed E-state index contributed by atoms with van der Waals surface area (Å²) >= 11 is 0. The first kappa shape index (κ1) is 14.9. The Labute approximate surface area is 110 Å². The monoisotopic (exact) mass is 276 g/mol. The third kappa shape index (κ3) is 3.17. The molecule has 3 nitrogen and oxygen atoms in total. The number of carbonyl (C=O) groups excluding carboxylic acids is 1.